The summed E-state index contributed by atoms with van der Waals surface area (Å²) in [5, 5.41) is 0. The van der Waals surface area contributed by atoms with Crippen LogP contribution >= 0.6 is 0 Å². The molecular weight excluding hydrogens is 364 g/mol. The second-order valence-corrected chi connectivity index (χ2v) is 8.06. The Balaban J connectivity index is 1.94. The highest BCUT2D eigenvalue weighted by Gasteiger charge is 2.42. The van der Waals surface area contributed by atoms with E-state index in [1.165, 1.54) is 0 Å². The Hall–Kier alpha value is -2.82. The quantitative estimate of drug-likeness (QED) is 0.777. The van der Waals surface area contributed by atoms with Crippen LogP contribution in [0.1, 0.15) is 41.3 Å². The molecule has 0 spiro atoms. The molecule has 2 unspecified atom stereocenters. The van der Waals surface area contributed by atoms with Crippen molar-refractivity contribution in [3.8, 4) is 5.75 Å². The number of likely N-dealkylation sites (tertiary alicyclic amines) is 1. The maximum Gasteiger partial charge on any atom is 0.254 e. The molecule has 0 saturated carbocycles. The van der Waals surface area contributed by atoms with Gasteiger partial charge in [0.25, 0.3) is 5.91 Å². The van der Waals surface area contributed by atoms with Crippen molar-refractivity contribution in [2.24, 2.45) is 5.92 Å². The van der Waals surface area contributed by atoms with Crippen molar-refractivity contribution in [1.29, 1.82) is 0 Å². The van der Waals surface area contributed by atoms with E-state index in [2.05, 4.69) is 0 Å². The predicted molar refractivity (Wildman–Crippen MR) is 114 cm³/mol. The highest BCUT2D eigenvalue weighted by molar-refractivity contribution is 5.96. The third kappa shape index (κ3) is 4.29. The standard InChI is InChI=1S/C24H30N2O3/c1-16(2)25(4)23(27)22-15-26(24(28)20-12-7-6-9-17(20)3)14-21(22)18-10-8-11-19(13-18)29-5/h6-13,16,21-22H,14-15H2,1-5H3. The Morgan fingerprint density at radius 2 is 1.83 bits per heavy atom. The van der Waals surface area contributed by atoms with E-state index in [1.807, 2.05) is 81.2 Å². The summed E-state index contributed by atoms with van der Waals surface area (Å²) in [6.07, 6.45) is 0. The van der Waals surface area contributed by atoms with Gasteiger partial charge in [-0.2, -0.15) is 0 Å². The average molecular weight is 395 g/mol. The topological polar surface area (TPSA) is 49.9 Å². The van der Waals surface area contributed by atoms with Crippen LogP contribution in [0.4, 0.5) is 0 Å². The second kappa shape index (κ2) is 8.68. The number of methoxy groups -OCH3 is 1. The van der Waals surface area contributed by atoms with E-state index in [1.54, 1.807) is 12.0 Å². The van der Waals surface area contributed by atoms with Crippen LogP contribution in [0.5, 0.6) is 5.75 Å². The molecule has 0 bridgehead atoms. The number of carbonyl (C=O) groups excluding carboxylic acids is 2. The molecule has 1 aliphatic rings. The van der Waals surface area contributed by atoms with Gasteiger partial charge in [0.05, 0.1) is 13.0 Å². The van der Waals surface area contributed by atoms with E-state index in [0.29, 0.717) is 18.7 Å². The van der Waals surface area contributed by atoms with Crippen molar-refractivity contribution in [2.75, 3.05) is 27.2 Å². The summed E-state index contributed by atoms with van der Waals surface area (Å²) >= 11 is 0. The van der Waals surface area contributed by atoms with Gasteiger partial charge < -0.3 is 14.5 Å². The molecule has 1 saturated heterocycles. The van der Waals surface area contributed by atoms with Crippen LogP contribution in [0.2, 0.25) is 0 Å². The van der Waals surface area contributed by atoms with Crippen LogP contribution in [0.25, 0.3) is 0 Å². The Kier molecular flexibility index (Phi) is 6.26. The van der Waals surface area contributed by atoms with Gasteiger partial charge in [-0.05, 0) is 50.1 Å². The molecule has 5 heteroatoms. The normalized spacial score (nSPS) is 18.8. The Morgan fingerprint density at radius 3 is 2.48 bits per heavy atom. The van der Waals surface area contributed by atoms with Gasteiger partial charge in [0.2, 0.25) is 5.91 Å². The van der Waals surface area contributed by atoms with Crippen LogP contribution < -0.4 is 4.74 Å². The fourth-order valence-corrected chi connectivity index (χ4v) is 3.93. The molecule has 2 atom stereocenters. The summed E-state index contributed by atoms with van der Waals surface area (Å²) < 4.78 is 5.38. The molecule has 1 aliphatic heterocycles. The first kappa shape index (κ1) is 20.9. The molecule has 1 heterocycles. The summed E-state index contributed by atoms with van der Waals surface area (Å²) in [5.74, 6) is 0.482. The SMILES string of the molecule is COc1cccc(C2CN(C(=O)c3ccccc3C)CC2C(=O)N(C)C(C)C)c1. The Morgan fingerprint density at radius 1 is 1.10 bits per heavy atom. The molecular formula is C24H30N2O3. The minimum absolute atomic E-state index is 0.0153. The molecule has 2 aromatic rings. The van der Waals surface area contributed by atoms with E-state index in [0.717, 1.165) is 16.9 Å². The number of hydrogen-bond acceptors (Lipinski definition) is 3. The fraction of sp³-hybridized carbons (Fsp3) is 0.417. The van der Waals surface area contributed by atoms with Gasteiger partial charge in [-0.1, -0.05) is 30.3 Å². The number of amides is 2. The lowest BCUT2D eigenvalue weighted by Crippen LogP contribution is -2.40. The largest absolute Gasteiger partial charge is 0.497 e. The first-order valence-electron chi connectivity index (χ1n) is 10.1. The van der Waals surface area contributed by atoms with Crippen molar-refractivity contribution in [2.45, 2.75) is 32.7 Å². The lowest BCUT2D eigenvalue weighted by molar-refractivity contribution is -0.135. The molecule has 0 aromatic heterocycles. The first-order chi connectivity index (χ1) is 13.8. The molecule has 1 fully saturated rings. The molecule has 0 radical (unpaired) electrons. The fourth-order valence-electron chi connectivity index (χ4n) is 3.93. The predicted octanol–water partition coefficient (Wildman–Crippen LogP) is 3.73. The highest BCUT2D eigenvalue weighted by Crippen LogP contribution is 2.36. The summed E-state index contributed by atoms with van der Waals surface area (Å²) in [5.41, 5.74) is 2.67. The van der Waals surface area contributed by atoms with Crippen LogP contribution in [-0.2, 0) is 4.79 Å². The molecule has 0 N–H and O–H groups in total. The monoisotopic (exact) mass is 394 g/mol. The number of ether oxygens (including phenoxy) is 1. The van der Waals surface area contributed by atoms with Crippen molar-refractivity contribution in [3.05, 3.63) is 65.2 Å². The number of carbonyl (C=O) groups is 2. The average Bonchev–Trinajstić information content (AvgIpc) is 3.18. The van der Waals surface area contributed by atoms with Crippen LogP contribution in [0, 0.1) is 12.8 Å². The summed E-state index contributed by atoms with van der Waals surface area (Å²) in [6.45, 7) is 6.89. The molecule has 0 aliphatic carbocycles. The minimum atomic E-state index is -0.275. The molecule has 2 amide bonds. The van der Waals surface area contributed by atoms with E-state index in [9.17, 15) is 9.59 Å². The van der Waals surface area contributed by atoms with Crippen molar-refractivity contribution in [1.82, 2.24) is 9.80 Å². The van der Waals surface area contributed by atoms with Gasteiger partial charge in [0.1, 0.15) is 5.75 Å². The number of benzene rings is 2. The van der Waals surface area contributed by atoms with Crippen LogP contribution in [0.3, 0.4) is 0 Å². The van der Waals surface area contributed by atoms with Crippen molar-refractivity contribution >= 4 is 11.8 Å². The lowest BCUT2D eigenvalue weighted by Gasteiger charge is -2.27. The van der Waals surface area contributed by atoms with Crippen LogP contribution in [0.15, 0.2) is 48.5 Å². The maximum absolute atomic E-state index is 13.3. The van der Waals surface area contributed by atoms with Gasteiger partial charge >= 0.3 is 0 Å². The number of hydrogen-bond donors (Lipinski definition) is 0. The lowest BCUT2D eigenvalue weighted by atomic mass is 9.87. The minimum Gasteiger partial charge on any atom is -0.497 e. The second-order valence-electron chi connectivity index (χ2n) is 8.06. The van der Waals surface area contributed by atoms with Gasteiger partial charge in [0, 0.05) is 37.7 Å². The number of nitrogens with zero attached hydrogens (tertiary/aromatic N) is 2. The third-order valence-corrected chi connectivity index (χ3v) is 5.94. The number of aryl methyl sites for hydroxylation is 1. The zero-order chi connectivity index (χ0) is 21.1. The zero-order valence-corrected chi connectivity index (χ0v) is 17.9. The summed E-state index contributed by atoms with van der Waals surface area (Å²) in [4.78, 5) is 30.1. The van der Waals surface area contributed by atoms with E-state index in [4.69, 9.17) is 4.74 Å². The summed E-state index contributed by atoms with van der Waals surface area (Å²) in [7, 11) is 3.47. The molecule has 154 valence electrons. The molecule has 29 heavy (non-hydrogen) atoms. The smallest absolute Gasteiger partial charge is 0.254 e. The van der Waals surface area contributed by atoms with E-state index >= 15 is 0 Å². The van der Waals surface area contributed by atoms with Crippen molar-refractivity contribution < 1.29 is 14.3 Å². The molecule has 5 nitrogen and oxygen atoms in total. The van der Waals surface area contributed by atoms with Gasteiger partial charge in [-0.25, -0.2) is 0 Å². The molecule has 3 rings (SSSR count). The Bertz CT molecular complexity index is 893. The summed E-state index contributed by atoms with van der Waals surface area (Å²) in [6, 6.07) is 15.5. The number of rotatable bonds is 5. The van der Waals surface area contributed by atoms with Gasteiger partial charge in [0.15, 0.2) is 0 Å². The first-order valence-corrected chi connectivity index (χ1v) is 10.1. The van der Waals surface area contributed by atoms with Crippen molar-refractivity contribution in [3.63, 3.8) is 0 Å². The highest BCUT2D eigenvalue weighted by atomic mass is 16.5. The van der Waals surface area contributed by atoms with Gasteiger partial charge in [-0.3, -0.25) is 9.59 Å². The third-order valence-electron chi connectivity index (χ3n) is 5.94. The Labute approximate surface area is 173 Å². The zero-order valence-electron chi connectivity index (χ0n) is 17.9. The van der Waals surface area contributed by atoms with E-state index < -0.39 is 0 Å². The van der Waals surface area contributed by atoms with E-state index in [-0.39, 0.29) is 29.7 Å². The van der Waals surface area contributed by atoms with Gasteiger partial charge in [-0.15, -0.1) is 0 Å². The molecule has 2 aromatic carbocycles. The maximum atomic E-state index is 13.3. The van der Waals surface area contributed by atoms with Crippen LogP contribution in [-0.4, -0.2) is 54.9 Å².